The number of aliphatic hydroxyl groups excluding tert-OH is 1. The van der Waals surface area contributed by atoms with Gasteiger partial charge in [0.1, 0.15) is 12.6 Å². The number of hydrogen-bond donors (Lipinski definition) is 1. The molecule has 2 unspecified atom stereocenters. The number of fused-ring (bicyclic) bond motifs is 1. The van der Waals surface area contributed by atoms with E-state index < -0.39 is 22.6 Å². The molecule has 3 heterocycles. The second kappa shape index (κ2) is 11.1. The summed E-state index contributed by atoms with van der Waals surface area (Å²) in [6.45, 7) is 12.6. The molecule has 3 aliphatic rings. The molecule has 3 rings (SSSR count). The number of aliphatic hydroxyl groups is 1. The van der Waals surface area contributed by atoms with E-state index in [1.54, 1.807) is 27.6 Å². The molecular weight excluding hydrogens is 440 g/mol. The van der Waals surface area contributed by atoms with Crippen molar-refractivity contribution in [3.05, 3.63) is 25.3 Å². The Labute approximate surface area is 201 Å². The van der Waals surface area contributed by atoms with Crippen LogP contribution >= 0.6 is 11.8 Å². The van der Waals surface area contributed by atoms with Crippen LogP contribution in [0.4, 0.5) is 0 Å². The van der Waals surface area contributed by atoms with Crippen LogP contribution in [-0.2, 0) is 19.1 Å². The molecule has 3 aliphatic heterocycles. The van der Waals surface area contributed by atoms with Crippen molar-refractivity contribution in [2.24, 2.45) is 11.8 Å². The van der Waals surface area contributed by atoms with Gasteiger partial charge in [-0.25, -0.2) is 0 Å². The molecule has 2 amide bonds. The molecule has 0 aromatic heterocycles. The van der Waals surface area contributed by atoms with E-state index in [9.17, 15) is 14.4 Å². The summed E-state index contributed by atoms with van der Waals surface area (Å²) in [5.74, 6) is -1.53. The molecular formula is C25H38N2O5S. The van der Waals surface area contributed by atoms with E-state index >= 15 is 0 Å². The van der Waals surface area contributed by atoms with Crippen LogP contribution in [0.25, 0.3) is 0 Å². The van der Waals surface area contributed by atoms with Crippen LogP contribution < -0.4 is 0 Å². The lowest BCUT2D eigenvalue weighted by molar-refractivity contribution is -0.153. The highest BCUT2D eigenvalue weighted by Gasteiger charge is 2.74. The number of carbonyl (C=O) groups excluding carboxylic acids is 3. The average Bonchev–Trinajstić information content (AvgIpc) is 3.42. The van der Waals surface area contributed by atoms with Gasteiger partial charge >= 0.3 is 5.97 Å². The third-order valence-electron chi connectivity index (χ3n) is 7.19. The van der Waals surface area contributed by atoms with Crippen LogP contribution in [0.2, 0.25) is 0 Å². The maximum Gasteiger partial charge on any atom is 0.311 e. The molecule has 7 nitrogen and oxygen atoms in total. The van der Waals surface area contributed by atoms with Crippen LogP contribution in [0.3, 0.4) is 0 Å². The minimum absolute atomic E-state index is 0.00479. The summed E-state index contributed by atoms with van der Waals surface area (Å²) in [5, 5.41) is 9.05. The molecule has 0 aromatic rings. The number of rotatable bonds is 13. The number of unbranched alkanes of at least 4 members (excludes halogenated alkanes) is 3. The molecule has 1 N–H and O–H groups in total. The predicted molar refractivity (Wildman–Crippen MR) is 130 cm³/mol. The summed E-state index contributed by atoms with van der Waals surface area (Å²) >= 11 is 1.66. The van der Waals surface area contributed by atoms with E-state index in [2.05, 4.69) is 13.2 Å². The SMILES string of the molecule is C=CCOC(=O)[C@@H]1[C@H]2C(=O)N(CCCCCCO)C(C(=O)N(CC=C)C(C)C)C23CC[C@H]1S3. The topological polar surface area (TPSA) is 87.1 Å². The van der Waals surface area contributed by atoms with Crippen LogP contribution in [0.1, 0.15) is 52.4 Å². The molecule has 2 bridgehead atoms. The van der Waals surface area contributed by atoms with Gasteiger partial charge in [-0.3, -0.25) is 14.4 Å². The quantitative estimate of drug-likeness (QED) is 0.249. The zero-order chi connectivity index (χ0) is 24.2. The Bertz CT molecular complexity index is 772. The van der Waals surface area contributed by atoms with Gasteiger partial charge in [0, 0.05) is 31.0 Å². The Morgan fingerprint density at radius 3 is 2.64 bits per heavy atom. The first-order chi connectivity index (χ1) is 15.8. The molecule has 0 aliphatic carbocycles. The van der Waals surface area contributed by atoms with Gasteiger partial charge in [-0.15, -0.1) is 18.3 Å². The minimum atomic E-state index is -0.587. The molecule has 33 heavy (non-hydrogen) atoms. The summed E-state index contributed by atoms with van der Waals surface area (Å²) in [4.78, 5) is 44.2. The number of likely N-dealkylation sites (tertiary alicyclic amines) is 1. The van der Waals surface area contributed by atoms with E-state index in [4.69, 9.17) is 9.84 Å². The van der Waals surface area contributed by atoms with Crippen molar-refractivity contribution in [3.63, 3.8) is 0 Å². The Morgan fingerprint density at radius 2 is 2.00 bits per heavy atom. The van der Waals surface area contributed by atoms with Gasteiger partial charge < -0.3 is 19.6 Å². The van der Waals surface area contributed by atoms with Crippen LogP contribution in [-0.4, -0.2) is 81.1 Å². The highest BCUT2D eigenvalue weighted by molar-refractivity contribution is 8.02. The first kappa shape index (κ1) is 25.8. The van der Waals surface area contributed by atoms with Crippen LogP contribution in [0.15, 0.2) is 25.3 Å². The Morgan fingerprint density at radius 1 is 1.27 bits per heavy atom. The van der Waals surface area contributed by atoms with E-state index in [-0.39, 0.29) is 42.3 Å². The fourth-order valence-corrected chi connectivity index (χ4v) is 7.98. The van der Waals surface area contributed by atoms with E-state index in [0.717, 1.165) is 38.5 Å². The highest BCUT2D eigenvalue weighted by Crippen LogP contribution is 2.66. The molecule has 3 saturated heterocycles. The average molecular weight is 479 g/mol. The van der Waals surface area contributed by atoms with E-state index in [1.165, 1.54) is 6.08 Å². The molecule has 3 fully saturated rings. The second-order valence-electron chi connectivity index (χ2n) is 9.52. The van der Waals surface area contributed by atoms with E-state index in [1.807, 2.05) is 13.8 Å². The number of hydrogen-bond acceptors (Lipinski definition) is 6. The Balaban J connectivity index is 1.92. The van der Waals surface area contributed by atoms with Gasteiger partial charge in [0.2, 0.25) is 11.8 Å². The first-order valence-electron chi connectivity index (χ1n) is 12.1. The van der Waals surface area contributed by atoms with Gasteiger partial charge in [-0.2, -0.15) is 0 Å². The fourth-order valence-electron chi connectivity index (χ4n) is 5.78. The number of ether oxygens (including phenoxy) is 1. The normalized spacial score (nSPS) is 29.9. The fraction of sp³-hybridized carbons (Fsp3) is 0.720. The van der Waals surface area contributed by atoms with Gasteiger partial charge in [-0.05, 0) is 39.5 Å². The molecule has 1 spiro atoms. The largest absolute Gasteiger partial charge is 0.461 e. The maximum absolute atomic E-state index is 14.0. The van der Waals surface area contributed by atoms with Crippen molar-refractivity contribution in [1.82, 2.24) is 9.80 Å². The van der Waals surface area contributed by atoms with Gasteiger partial charge in [0.15, 0.2) is 0 Å². The third-order valence-corrected chi connectivity index (χ3v) is 9.14. The number of esters is 1. The summed E-state index contributed by atoms with van der Waals surface area (Å²) in [6, 6.07) is -0.605. The highest BCUT2D eigenvalue weighted by atomic mass is 32.2. The van der Waals surface area contributed by atoms with Crippen molar-refractivity contribution < 1.29 is 24.2 Å². The molecule has 0 radical (unpaired) electrons. The summed E-state index contributed by atoms with van der Waals surface area (Å²) in [5.41, 5.74) is 0. The van der Waals surface area contributed by atoms with Gasteiger partial charge in [0.05, 0.1) is 16.6 Å². The lowest BCUT2D eigenvalue weighted by Crippen LogP contribution is -2.56. The van der Waals surface area contributed by atoms with Gasteiger partial charge in [0.25, 0.3) is 0 Å². The maximum atomic E-state index is 14.0. The standard InChI is InChI=1S/C25H38N2O5S/c1-5-13-26(17(3)4)23(30)21-25-12-11-18(33-25)19(24(31)32-16-6-2)20(25)22(29)27(21)14-9-7-8-10-15-28/h5-6,17-21,28H,1-2,7-16H2,3-4H3/t18-,19+,20+,21?,25?/m1/s1. The Hall–Kier alpha value is -1.80. The Kier molecular flexibility index (Phi) is 8.67. The zero-order valence-electron chi connectivity index (χ0n) is 19.9. The lowest BCUT2D eigenvalue weighted by Gasteiger charge is -2.38. The van der Waals surface area contributed by atoms with Crippen LogP contribution in [0, 0.1) is 11.8 Å². The van der Waals surface area contributed by atoms with Crippen molar-refractivity contribution in [1.29, 1.82) is 0 Å². The lowest BCUT2D eigenvalue weighted by atomic mass is 9.71. The molecule has 0 saturated carbocycles. The number of thioether (sulfide) groups is 1. The monoisotopic (exact) mass is 478 g/mol. The third kappa shape index (κ3) is 4.74. The number of carbonyl (C=O) groups is 3. The van der Waals surface area contributed by atoms with Crippen molar-refractivity contribution in [3.8, 4) is 0 Å². The predicted octanol–water partition coefficient (Wildman–Crippen LogP) is 2.78. The first-order valence-corrected chi connectivity index (χ1v) is 13.0. The minimum Gasteiger partial charge on any atom is -0.461 e. The van der Waals surface area contributed by atoms with Gasteiger partial charge in [-0.1, -0.05) is 31.6 Å². The van der Waals surface area contributed by atoms with Crippen molar-refractivity contribution >= 4 is 29.5 Å². The molecule has 0 aromatic carbocycles. The summed E-state index contributed by atoms with van der Waals surface area (Å²) in [7, 11) is 0. The van der Waals surface area contributed by atoms with Crippen molar-refractivity contribution in [2.75, 3.05) is 26.3 Å². The second-order valence-corrected chi connectivity index (χ2v) is 11.1. The molecule has 8 heteroatoms. The number of amides is 2. The number of nitrogens with zero attached hydrogens (tertiary/aromatic N) is 2. The van der Waals surface area contributed by atoms with E-state index in [0.29, 0.717) is 13.1 Å². The molecule has 184 valence electrons. The summed E-state index contributed by atoms with van der Waals surface area (Å²) in [6.07, 6.45) is 8.07. The van der Waals surface area contributed by atoms with Crippen molar-refractivity contribution in [2.45, 2.75) is 74.5 Å². The van der Waals surface area contributed by atoms with Crippen LogP contribution in [0.5, 0.6) is 0 Å². The summed E-state index contributed by atoms with van der Waals surface area (Å²) < 4.78 is 4.80. The molecule has 5 atom stereocenters. The smallest absolute Gasteiger partial charge is 0.311 e. The zero-order valence-corrected chi connectivity index (χ0v) is 20.7.